The molecule has 0 radical (unpaired) electrons. The maximum atomic E-state index is 12.4. The minimum Gasteiger partial charge on any atom is -0.357 e. The zero-order chi connectivity index (χ0) is 18.0. The Kier molecular flexibility index (Phi) is 4.99. The molecule has 2 N–H and O–H groups in total. The molecule has 0 saturated carbocycles. The van der Waals surface area contributed by atoms with E-state index in [-0.39, 0.29) is 5.43 Å². The molecule has 3 aromatic rings. The Morgan fingerprint density at radius 3 is 2.64 bits per heavy atom. The van der Waals surface area contributed by atoms with Crippen molar-refractivity contribution in [1.82, 2.24) is 25.1 Å². The second-order valence-corrected chi connectivity index (χ2v) is 6.57. The van der Waals surface area contributed by atoms with E-state index in [2.05, 4.69) is 20.4 Å². The second kappa shape index (κ2) is 7.19. The van der Waals surface area contributed by atoms with Gasteiger partial charge in [-0.1, -0.05) is 12.1 Å². The van der Waals surface area contributed by atoms with E-state index in [4.69, 9.17) is 0 Å². The second-order valence-electron chi connectivity index (χ2n) is 6.57. The minimum absolute atomic E-state index is 0.0838. The molecule has 25 heavy (non-hydrogen) atoms. The predicted molar refractivity (Wildman–Crippen MR) is 99.9 cm³/mol. The SMILES string of the molecule is Cc1nc(C)n(CCCNCc2cc(=O)c3c(C)ccc(C)c3[nH]2)n1. The number of hydrogen-bond acceptors (Lipinski definition) is 4. The highest BCUT2D eigenvalue weighted by molar-refractivity contribution is 5.84. The van der Waals surface area contributed by atoms with Crippen molar-refractivity contribution in [2.75, 3.05) is 6.54 Å². The number of H-pyrrole nitrogens is 1. The first-order valence-corrected chi connectivity index (χ1v) is 8.66. The van der Waals surface area contributed by atoms with E-state index < -0.39 is 0 Å². The van der Waals surface area contributed by atoms with Crippen LogP contribution >= 0.6 is 0 Å². The molecule has 0 atom stereocenters. The zero-order valence-electron chi connectivity index (χ0n) is 15.3. The normalized spacial score (nSPS) is 11.4. The summed E-state index contributed by atoms with van der Waals surface area (Å²) in [4.78, 5) is 20.1. The van der Waals surface area contributed by atoms with Crippen molar-refractivity contribution in [2.45, 2.75) is 47.2 Å². The molecular formula is C19H25N5O. The van der Waals surface area contributed by atoms with Crippen LogP contribution in [0.15, 0.2) is 23.0 Å². The van der Waals surface area contributed by atoms with Crippen molar-refractivity contribution in [3.05, 3.63) is 56.9 Å². The molecule has 0 saturated heterocycles. The van der Waals surface area contributed by atoms with E-state index >= 15 is 0 Å². The summed E-state index contributed by atoms with van der Waals surface area (Å²) in [6.45, 7) is 10.2. The summed E-state index contributed by atoms with van der Waals surface area (Å²) in [5, 5.41) is 8.54. The smallest absolute Gasteiger partial charge is 0.189 e. The van der Waals surface area contributed by atoms with Crippen LogP contribution in [0.25, 0.3) is 10.9 Å². The fourth-order valence-corrected chi connectivity index (χ4v) is 3.16. The van der Waals surface area contributed by atoms with Gasteiger partial charge in [0.2, 0.25) is 0 Å². The van der Waals surface area contributed by atoms with E-state index in [1.54, 1.807) is 6.07 Å². The number of aryl methyl sites for hydroxylation is 5. The lowest BCUT2D eigenvalue weighted by Crippen LogP contribution is -2.19. The van der Waals surface area contributed by atoms with Gasteiger partial charge in [0.05, 0.1) is 5.52 Å². The molecule has 0 fully saturated rings. The highest BCUT2D eigenvalue weighted by Crippen LogP contribution is 2.17. The molecule has 0 unspecified atom stereocenters. The lowest BCUT2D eigenvalue weighted by molar-refractivity contribution is 0.529. The maximum Gasteiger partial charge on any atom is 0.189 e. The first-order valence-electron chi connectivity index (χ1n) is 8.66. The summed E-state index contributed by atoms with van der Waals surface area (Å²) >= 11 is 0. The van der Waals surface area contributed by atoms with Crippen LogP contribution in [0.4, 0.5) is 0 Å². The maximum absolute atomic E-state index is 12.4. The van der Waals surface area contributed by atoms with Crippen LogP contribution in [-0.2, 0) is 13.1 Å². The number of benzene rings is 1. The molecule has 0 aliphatic rings. The van der Waals surface area contributed by atoms with Crippen LogP contribution in [0, 0.1) is 27.7 Å². The number of aromatic nitrogens is 4. The molecule has 0 aliphatic heterocycles. The Morgan fingerprint density at radius 1 is 1.16 bits per heavy atom. The van der Waals surface area contributed by atoms with E-state index in [0.29, 0.717) is 6.54 Å². The molecule has 1 aromatic carbocycles. The van der Waals surface area contributed by atoms with Crippen molar-refractivity contribution in [2.24, 2.45) is 0 Å². The predicted octanol–water partition coefficient (Wildman–Crippen LogP) is 2.53. The number of hydrogen-bond donors (Lipinski definition) is 2. The van der Waals surface area contributed by atoms with Crippen molar-refractivity contribution in [1.29, 1.82) is 0 Å². The quantitative estimate of drug-likeness (QED) is 0.677. The average molecular weight is 339 g/mol. The standard InChI is InChI=1S/C19H25N5O/c1-12-6-7-13(2)19-18(12)17(25)10-16(22-19)11-20-8-5-9-24-15(4)21-14(3)23-24/h6-7,10,20H,5,8-9,11H2,1-4H3,(H,22,25). The molecule has 3 rings (SSSR count). The van der Waals surface area contributed by atoms with Gasteiger partial charge in [-0.05, 0) is 51.8 Å². The molecule has 2 heterocycles. The van der Waals surface area contributed by atoms with Gasteiger partial charge >= 0.3 is 0 Å². The third-order valence-corrected chi connectivity index (χ3v) is 4.46. The van der Waals surface area contributed by atoms with Crippen LogP contribution in [0.2, 0.25) is 0 Å². The first kappa shape index (κ1) is 17.4. The van der Waals surface area contributed by atoms with Gasteiger partial charge in [-0.2, -0.15) is 5.10 Å². The fraction of sp³-hybridized carbons (Fsp3) is 0.421. The highest BCUT2D eigenvalue weighted by Gasteiger charge is 2.07. The molecule has 6 nitrogen and oxygen atoms in total. The van der Waals surface area contributed by atoms with Crippen LogP contribution in [0.5, 0.6) is 0 Å². The summed E-state index contributed by atoms with van der Waals surface area (Å²) in [7, 11) is 0. The van der Waals surface area contributed by atoms with Crippen molar-refractivity contribution >= 4 is 10.9 Å². The molecular weight excluding hydrogens is 314 g/mol. The van der Waals surface area contributed by atoms with Crippen LogP contribution in [-0.4, -0.2) is 26.3 Å². The largest absolute Gasteiger partial charge is 0.357 e. The van der Waals surface area contributed by atoms with Crippen molar-refractivity contribution in [3.8, 4) is 0 Å². The Bertz CT molecular complexity index is 954. The third kappa shape index (κ3) is 3.79. The summed E-state index contributed by atoms with van der Waals surface area (Å²) in [5.41, 5.74) is 4.05. The molecule has 0 bridgehead atoms. The van der Waals surface area contributed by atoms with E-state index in [0.717, 1.165) is 58.9 Å². The Morgan fingerprint density at radius 2 is 1.92 bits per heavy atom. The van der Waals surface area contributed by atoms with E-state index in [1.165, 1.54) is 0 Å². The van der Waals surface area contributed by atoms with Gasteiger partial charge in [-0.3, -0.25) is 9.48 Å². The molecule has 0 aliphatic carbocycles. The summed E-state index contributed by atoms with van der Waals surface area (Å²) < 4.78 is 1.93. The topological polar surface area (TPSA) is 75.6 Å². The number of nitrogens with zero attached hydrogens (tertiary/aromatic N) is 3. The lowest BCUT2D eigenvalue weighted by atomic mass is 10.0. The minimum atomic E-state index is 0.0838. The fourth-order valence-electron chi connectivity index (χ4n) is 3.16. The zero-order valence-corrected chi connectivity index (χ0v) is 15.3. The summed E-state index contributed by atoms with van der Waals surface area (Å²) in [6, 6.07) is 5.75. The van der Waals surface area contributed by atoms with Gasteiger partial charge in [0.1, 0.15) is 11.6 Å². The Hall–Kier alpha value is -2.47. The van der Waals surface area contributed by atoms with Crippen molar-refractivity contribution < 1.29 is 0 Å². The molecule has 6 heteroatoms. The number of aromatic amines is 1. The number of pyridine rings is 1. The summed E-state index contributed by atoms with van der Waals surface area (Å²) in [6.07, 6.45) is 0.958. The van der Waals surface area contributed by atoms with Crippen LogP contribution in [0.3, 0.4) is 0 Å². The first-order chi connectivity index (χ1) is 12.0. The van der Waals surface area contributed by atoms with Gasteiger partial charge in [0.15, 0.2) is 5.43 Å². The van der Waals surface area contributed by atoms with Crippen molar-refractivity contribution in [3.63, 3.8) is 0 Å². The van der Waals surface area contributed by atoms with Gasteiger partial charge < -0.3 is 10.3 Å². The monoisotopic (exact) mass is 339 g/mol. The molecule has 0 amide bonds. The van der Waals surface area contributed by atoms with Gasteiger partial charge in [-0.25, -0.2) is 4.98 Å². The van der Waals surface area contributed by atoms with E-state index in [9.17, 15) is 4.79 Å². The summed E-state index contributed by atoms with van der Waals surface area (Å²) in [5.74, 6) is 1.76. The van der Waals surface area contributed by atoms with E-state index in [1.807, 2.05) is 44.5 Å². The number of nitrogens with one attached hydrogen (secondary N) is 2. The number of rotatable bonds is 6. The number of fused-ring (bicyclic) bond motifs is 1. The van der Waals surface area contributed by atoms with Gasteiger partial charge in [0, 0.05) is 30.2 Å². The van der Waals surface area contributed by atoms with Gasteiger partial charge in [0.25, 0.3) is 0 Å². The molecule has 0 spiro atoms. The third-order valence-electron chi connectivity index (χ3n) is 4.46. The van der Waals surface area contributed by atoms with Gasteiger partial charge in [-0.15, -0.1) is 0 Å². The molecule has 2 aromatic heterocycles. The van der Waals surface area contributed by atoms with Crippen LogP contribution in [0.1, 0.15) is 34.9 Å². The lowest BCUT2D eigenvalue weighted by Gasteiger charge is -2.10. The Balaban J connectivity index is 1.61. The van der Waals surface area contributed by atoms with Crippen LogP contribution < -0.4 is 10.7 Å². The average Bonchev–Trinajstić information content (AvgIpc) is 2.88. The Labute approximate surface area is 147 Å². The molecule has 132 valence electrons. The highest BCUT2D eigenvalue weighted by atomic mass is 16.1.